The van der Waals surface area contributed by atoms with E-state index >= 15 is 0 Å². The maximum absolute atomic E-state index is 5.47. The molecule has 0 unspecified atom stereocenters. The number of benzene rings is 1. The number of aliphatic imine (C=N–C) groups is 1. The molecule has 16 heavy (non-hydrogen) atoms. The molecule has 0 saturated carbocycles. The van der Waals surface area contributed by atoms with Crippen LogP contribution in [0.4, 0.5) is 0 Å². The van der Waals surface area contributed by atoms with Gasteiger partial charge in [-0.15, -0.1) is 0 Å². The van der Waals surface area contributed by atoms with Crippen molar-refractivity contribution in [1.29, 1.82) is 0 Å². The van der Waals surface area contributed by atoms with Crippen LogP contribution >= 0.6 is 0 Å². The minimum Gasteiger partial charge on any atom is -0.383 e. The van der Waals surface area contributed by atoms with E-state index < -0.39 is 0 Å². The zero-order chi connectivity index (χ0) is 12.0. The summed E-state index contributed by atoms with van der Waals surface area (Å²) in [5.41, 5.74) is 6.06. The van der Waals surface area contributed by atoms with Gasteiger partial charge >= 0.3 is 0 Å². The molecule has 4 nitrogen and oxygen atoms in total. The van der Waals surface area contributed by atoms with Gasteiger partial charge in [0.25, 0.3) is 0 Å². The largest absolute Gasteiger partial charge is 0.383 e. The molecule has 0 amide bonds. The fourth-order valence-electron chi connectivity index (χ4n) is 1.54. The molecule has 0 bridgehead atoms. The Hall–Kier alpha value is -1.39. The summed E-state index contributed by atoms with van der Waals surface area (Å²) in [6.45, 7) is 5.30. The van der Waals surface area contributed by atoms with Gasteiger partial charge in [0.2, 0.25) is 0 Å². The zero-order valence-electron chi connectivity index (χ0n) is 10.1. The summed E-state index contributed by atoms with van der Waals surface area (Å²) >= 11 is 0. The van der Waals surface area contributed by atoms with Crippen molar-refractivity contribution in [1.82, 2.24) is 5.43 Å². The van der Waals surface area contributed by atoms with Gasteiger partial charge in [0.05, 0.1) is 13.2 Å². The van der Waals surface area contributed by atoms with Crippen LogP contribution in [0.3, 0.4) is 0 Å². The molecule has 0 fully saturated rings. The van der Waals surface area contributed by atoms with Crippen LogP contribution in [-0.4, -0.2) is 26.1 Å². The number of hydrogen-bond donors (Lipinski definition) is 2. The van der Waals surface area contributed by atoms with Crippen LogP contribution in [0.5, 0.6) is 0 Å². The molecule has 0 aliphatic heterocycles. The lowest BCUT2D eigenvalue weighted by Crippen LogP contribution is -2.32. The summed E-state index contributed by atoms with van der Waals surface area (Å²) < 4.78 is 4.95. The van der Waals surface area contributed by atoms with Crippen LogP contribution in [0.1, 0.15) is 16.7 Å². The van der Waals surface area contributed by atoms with Gasteiger partial charge in [-0.05, 0) is 19.4 Å². The molecule has 0 aromatic heterocycles. The predicted octanol–water partition coefficient (Wildman–Crippen LogP) is 1.16. The number of amidine groups is 1. The first-order valence-electron chi connectivity index (χ1n) is 5.26. The van der Waals surface area contributed by atoms with E-state index in [1.54, 1.807) is 7.11 Å². The third-order valence-electron chi connectivity index (χ3n) is 2.34. The number of nitrogens with two attached hydrogens (primary N) is 1. The zero-order valence-corrected chi connectivity index (χ0v) is 10.1. The number of rotatable bonds is 4. The van der Waals surface area contributed by atoms with Gasteiger partial charge in [-0.1, -0.05) is 23.8 Å². The van der Waals surface area contributed by atoms with E-state index in [0.29, 0.717) is 19.0 Å². The molecule has 0 aliphatic carbocycles. The van der Waals surface area contributed by atoms with Gasteiger partial charge in [0.1, 0.15) is 5.84 Å². The van der Waals surface area contributed by atoms with Crippen molar-refractivity contribution in [2.24, 2.45) is 10.8 Å². The number of nitrogens with one attached hydrogen (secondary N) is 1. The van der Waals surface area contributed by atoms with Crippen molar-refractivity contribution < 1.29 is 4.74 Å². The second kappa shape index (κ2) is 6.25. The van der Waals surface area contributed by atoms with E-state index in [2.05, 4.69) is 23.4 Å². The Balaban J connectivity index is 2.90. The van der Waals surface area contributed by atoms with E-state index in [1.807, 2.05) is 19.1 Å². The van der Waals surface area contributed by atoms with E-state index in [0.717, 1.165) is 11.1 Å². The Morgan fingerprint density at radius 2 is 2.19 bits per heavy atom. The van der Waals surface area contributed by atoms with Crippen molar-refractivity contribution in [2.45, 2.75) is 13.8 Å². The number of ether oxygens (including phenoxy) is 1. The van der Waals surface area contributed by atoms with E-state index in [1.165, 1.54) is 5.56 Å². The molecule has 88 valence electrons. The Bertz CT molecular complexity index is 375. The minimum absolute atomic E-state index is 0.593. The fourth-order valence-corrected chi connectivity index (χ4v) is 1.54. The van der Waals surface area contributed by atoms with Gasteiger partial charge in [0.15, 0.2) is 0 Å². The molecule has 0 saturated heterocycles. The summed E-state index contributed by atoms with van der Waals surface area (Å²) in [7, 11) is 1.65. The van der Waals surface area contributed by atoms with Gasteiger partial charge in [-0.3, -0.25) is 4.99 Å². The first kappa shape index (κ1) is 12.7. The number of hydrogen-bond acceptors (Lipinski definition) is 3. The summed E-state index contributed by atoms with van der Waals surface area (Å²) in [5.74, 6) is 6.18. The average molecular weight is 221 g/mol. The first-order chi connectivity index (χ1) is 7.69. The van der Waals surface area contributed by atoms with Crippen LogP contribution in [0.15, 0.2) is 23.2 Å². The summed E-state index contributed by atoms with van der Waals surface area (Å²) in [4.78, 5) is 4.35. The highest BCUT2D eigenvalue weighted by molar-refractivity contribution is 5.99. The Labute approximate surface area is 96.5 Å². The second-order valence-electron chi connectivity index (χ2n) is 3.69. The van der Waals surface area contributed by atoms with Gasteiger partial charge in [-0.2, -0.15) is 0 Å². The third kappa shape index (κ3) is 3.32. The Morgan fingerprint density at radius 1 is 1.44 bits per heavy atom. The molecule has 1 rings (SSSR count). The molecule has 0 atom stereocenters. The molecule has 1 aromatic rings. The maximum atomic E-state index is 5.47. The van der Waals surface area contributed by atoms with Crippen molar-refractivity contribution >= 4 is 5.84 Å². The molecule has 1 aromatic carbocycles. The second-order valence-corrected chi connectivity index (χ2v) is 3.69. The molecule has 0 radical (unpaired) electrons. The van der Waals surface area contributed by atoms with E-state index in [9.17, 15) is 0 Å². The number of methoxy groups -OCH3 is 1. The van der Waals surface area contributed by atoms with Crippen molar-refractivity contribution in [2.75, 3.05) is 20.3 Å². The number of aryl methyl sites for hydroxylation is 2. The van der Waals surface area contributed by atoms with Gasteiger partial charge < -0.3 is 10.2 Å². The van der Waals surface area contributed by atoms with Crippen molar-refractivity contribution in [3.8, 4) is 0 Å². The maximum Gasteiger partial charge on any atom is 0.142 e. The highest BCUT2D eigenvalue weighted by Gasteiger charge is 2.04. The molecule has 0 spiro atoms. The lowest BCUT2D eigenvalue weighted by atomic mass is 10.1. The minimum atomic E-state index is 0.593. The fraction of sp³-hybridized carbons (Fsp3) is 0.417. The lowest BCUT2D eigenvalue weighted by Gasteiger charge is -2.09. The molecular formula is C12H19N3O. The molecule has 0 heterocycles. The summed E-state index contributed by atoms with van der Waals surface area (Å²) in [6, 6.07) is 6.18. The highest BCUT2D eigenvalue weighted by atomic mass is 16.5. The van der Waals surface area contributed by atoms with E-state index in [4.69, 9.17) is 10.6 Å². The standard InChI is InChI=1S/C12H19N3O/c1-9-4-5-11(10(2)8-9)12(15-13)14-6-7-16-3/h4-5,8H,6-7,13H2,1-3H3,(H,14,15). The van der Waals surface area contributed by atoms with Crippen LogP contribution in [-0.2, 0) is 4.74 Å². The lowest BCUT2D eigenvalue weighted by molar-refractivity contribution is 0.208. The Kier molecular flexibility index (Phi) is 4.95. The summed E-state index contributed by atoms with van der Waals surface area (Å²) in [6.07, 6.45) is 0. The SMILES string of the molecule is COCCN=C(NN)c1ccc(C)cc1C. The van der Waals surface area contributed by atoms with Gasteiger partial charge in [-0.25, -0.2) is 5.84 Å². The van der Waals surface area contributed by atoms with Gasteiger partial charge in [0, 0.05) is 12.7 Å². The first-order valence-corrected chi connectivity index (χ1v) is 5.26. The van der Waals surface area contributed by atoms with Crippen LogP contribution < -0.4 is 11.3 Å². The molecule has 4 heteroatoms. The van der Waals surface area contributed by atoms with Crippen molar-refractivity contribution in [3.05, 3.63) is 34.9 Å². The Morgan fingerprint density at radius 3 is 2.75 bits per heavy atom. The highest BCUT2D eigenvalue weighted by Crippen LogP contribution is 2.10. The van der Waals surface area contributed by atoms with E-state index in [-0.39, 0.29) is 0 Å². The monoisotopic (exact) mass is 221 g/mol. The normalized spacial score (nSPS) is 11.6. The number of hydrazine groups is 1. The summed E-state index contributed by atoms with van der Waals surface area (Å²) in [5, 5.41) is 0. The molecular weight excluding hydrogens is 202 g/mol. The number of nitrogens with zero attached hydrogens (tertiary/aromatic N) is 1. The smallest absolute Gasteiger partial charge is 0.142 e. The predicted molar refractivity (Wildman–Crippen MR) is 66.5 cm³/mol. The van der Waals surface area contributed by atoms with Crippen LogP contribution in [0, 0.1) is 13.8 Å². The average Bonchev–Trinajstić information content (AvgIpc) is 2.26. The topological polar surface area (TPSA) is 59.6 Å². The molecule has 0 aliphatic rings. The van der Waals surface area contributed by atoms with Crippen LogP contribution in [0.25, 0.3) is 0 Å². The quantitative estimate of drug-likeness (QED) is 0.264. The van der Waals surface area contributed by atoms with Crippen LogP contribution in [0.2, 0.25) is 0 Å². The van der Waals surface area contributed by atoms with Crippen molar-refractivity contribution in [3.63, 3.8) is 0 Å². The third-order valence-corrected chi connectivity index (χ3v) is 2.34. The molecule has 3 N–H and O–H groups in total.